The summed E-state index contributed by atoms with van der Waals surface area (Å²) in [6.07, 6.45) is -0.307. The first-order chi connectivity index (χ1) is 16.4. The van der Waals surface area contributed by atoms with Gasteiger partial charge in [-0.05, 0) is 48.5 Å². The maximum Gasteiger partial charge on any atom is 0.306 e. The zero-order valence-corrected chi connectivity index (χ0v) is 19.7. The smallest absolute Gasteiger partial charge is 0.306 e. The third-order valence-electron chi connectivity index (χ3n) is 4.61. The topological polar surface area (TPSA) is 105 Å². The Kier molecular flexibility index (Phi) is 8.93. The van der Waals surface area contributed by atoms with E-state index in [9.17, 15) is 19.2 Å². The van der Waals surface area contributed by atoms with Crippen molar-refractivity contribution in [2.24, 2.45) is 0 Å². The van der Waals surface area contributed by atoms with Gasteiger partial charge >= 0.3 is 5.97 Å². The minimum absolute atomic E-state index is 0.107. The van der Waals surface area contributed by atoms with Gasteiger partial charge in [-0.3, -0.25) is 34.9 Å². The van der Waals surface area contributed by atoms with Crippen molar-refractivity contribution in [1.29, 1.82) is 0 Å². The monoisotopic (exact) mass is 523 g/mol. The molecule has 9 heteroatoms. The Hall–Kier alpha value is -3.98. The van der Waals surface area contributed by atoms with Gasteiger partial charge in [-0.1, -0.05) is 52.3 Å². The Bertz CT molecular complexity index is 1100. The number of hydrazine groups is 1. The van der Waals surface area contributed by atoms with E-state index in [1.165, 1.54) is 4.90 Å². The Morgan fingerprint density at radius 2 is 1.29 bits per heavy atom. The minimum Gasteiger partial charge on any atom is -0.455 e. The van der Waals surface area contributed by atoms with E-state index in [4.69, 9.17) is 4.74 Å². The molecule has 0 aliphatic carbocycles. The molecule has 0 aromatic heterocycles. The maximum atomic E-state index is 12.9. The molecule has 8 nitrogen and oxygen atoms in total. The van der Waals surface area contributed by atoms with Crippen LogP contribution in [0, 0.1) is 0 Å². The summed E-state index contributed by atoms with van der Waals surface area (Å²) in [5.74, 6) is -2.22. The molecule has 0 fully saturated rings. The highest BCUT2D eigenvalue weighted by Gasteiger charge is 2.19. The van der Waals surface area contributed by atoms with Gasteiger partial charge in [-0.25, -0.2) is 0 Å². The van der Waals surface area contributed by atoms with Crippen molar-refractivity contribution in [3.8, 4) is 0 Å². The molecule has 3 rings (SSSR count). The van der Waals surface area contributed by atoms with E-state index in [1.807, 2.05) is 36.4 Å². The van der Waals surface area contributed by atoms with Gasteiger partial charge in [-0.15, -0.1) is 0 Å². The lowest BCUT2D eigenvalue weighted by Gasteiger charge is -2.23. The number of halogens is 1. The molecule has 34 heavy (non-hydrogen) atoms. The Labute approximate surface area is 205 Å². The van der Waals surface area contributed by atoms with Crippen LogP contribution in [-0.4, -0.2) is 30.3 Å². The van der Waals surface area contributed by atoms with E-state index in [1.54, 1.807) is 48.5 Å². The van der Waals surface area contributed by atoms with E-state index in [2.05, 4.69) is 26.8 Å². The molecule has 0 bridgehead atoms. The van der Waals surface area contributed by atoms with Gasteiger partial charge in [0.15, 0.2) is 6.61 Å². The Morgan fingerprint density at radius 3 is 1.85 bits per heavy atom. The third kappa shape index (κ3) is 7.28. The highest BCUT2D eigenvalue weighted by molar-refractivity contribution is 9.10. The molecular formula is C25H22BrN3O5. The second-order valence-corrected chi connectivity index (χ2v) is 7.99. The molecule has 0 atom stereocenters. The number of hydrogen-bond acceptors (Lipinski definition) is 5. The number of rotatable bonds is 8. The molecule has 174 valence electrons. The number of anilines is 2. The van der Waals surface area contributed by atoms with Crippen LogP contribution < -0.4 is 15.8 Å². The average Bonchev–Trinajstić information content (AvgIpc) is 2.86. The van der Waals surface area contributed by atoms with Crippen LogP contribution in [0.25, 0.3) is 0 Å². The number of nitrogens with one attached hydrogen (secondary N) is 2. The summed E-state index contributed by atoms with van der Waals surface area (Å²) in [6, 6.07) is 24.7. The van der Waals surface area contributed by atoms with Crippen molar-refractivity contribution < 1.29 is 23.9 Å². The van der Waals surface area contributed by atoms with Crippen molar-refractivity contribution in [3.05, 3.63) is 95.0 Å². The van der Waals surface area contributed by atoms with Crippen LogP contribution in [0.15, 0.2) is 89.4 Å². The van der Waals surface area contributed by atoms with Gasteiger partial charge in [-0.2, -0.15) is 0 Å². The average molecular weight is 524 g/mol. The zero-order valence-electron chi connectivity index (χ0n) is 18.1. The predicted octanol–water partition coefficient (Wildman–Crippen LogP) is 3.90. The lowest BCUT2D eigenvalue weighted by molar-refractivity contribution is -0.149. The molecular weight excluding hydrogens is 502 g/mol. The molecule has 0 aliphatic heterocycles. The number of hydrogen-bond donors (Lipinski definition) is 2. The van der Waals surface area contributed by atoms with E-state index >= 15 is 0 Å². The van der Waals surface area contributed by atoms with Crippen molar-refractivity contribution in [3.63, 3.8) is 0 Å². The quantitative estimate of drug-likeness (QED) is 0.344. The van der Waals surface area contributed by atoms with Crippen LogP contribution in [0.2, 0.25) is 0 Å². The summed E-state index contributed by atoms with van der Waals surface area (Å²) in [4.78, 5) is 50.4. The summed E-state index contributed by atoms with van der Waals surface area (Å²) in [5.41, 5.74) is 6.11. The molecule has 0 aliphatic rings. The standard InChI is InChI=1S/C25H22BrN3O5/c26-19-13-11-18(12-14-19)25(33)28-27-22(30)17-34-24(32)16-15-23(31)29(20-7-3-1-4-8-20)21-9-5-2-6-10-21/h1-14H,15-17H2,(H,27,30)(H,28,33). The zero-order chi connectivity index (χ0) is 24.3. The maximum absolute atomic E-state index is 12.9. The van der Waals surface area contributed by atoms with Gasteiger partial charge in [0, 0.05) is 27.8 Å². The van der Waals surface area contributed by atoms with E-state index < -0.39 is 24.4 Å². The molecule has 0 spiro atoms. The van der Waals surface area contributed by atoms with E-state index in [-0.39, 0.29) is 18.7 Å². The van der Waals surface area contributed by atoms with E-state index in [0.29, 0.717) is 16.9 Å². The van der Waals surface area contributed by atoms with Crippen molar-refractivity contribution in [2.45, 2.75) is 12.8 Å². The molecule has 3 aromatic carbocycles. The molecule has 0 radical (unpaired) electrons. The second kappa shape index (κ2) is 12.3. The van der Waals surface area contributed by atoms with Gasteiger partial charge in [0.1, 0.15) is 0 Å². The fourth-order valence-corrected chi connectivity index (χ4v) is 3.23. The first kappa shape index (κ1) is 24.7. The predicted molar refractivity (Wildman–Crippen MR) is 130 cm³/mol. The Balaban J connectivity index is 1.46. The van der Waals surface area contributed by atoms with Crippen molar-refractivity contribution in [2.75, 3.05) is 11.5 Å². The van der Waals surface area contributed by atoms with Gasteiger partial charge in [0.05, 0.1) is 6.42 Å². The van der Waals surface area contributed by atoms with Crippen LogP contribution in [-0.2, 0) is 19.1 Å². The number of carbonyl (C=O) groups is 4. The summed E-state index contributed by atoms with van der Waals surface area (Å²) >= 11 is 3.27. The number of carbonyl (C=O) groups excluding carboxylic acids is 4. The van der Waals surface area contributed by atoms with E-state index in [0.717, 1.165) is 4.47 Å². The number of amides is 3. The van der Waals surface area contributed by atoms with Crippen LogP contribution in [0.3, 0.4) is 0 Å². The first-order valence-electron chi connectivity index (χ1n) is 10.4. The highest BCUT2D eigenvalue weighted by atomic mass is 79.9. The summed E-state index contributed by atoms with van der Waals surface area (Å²) in [5, 5.41) is 0. The molecule has 0 saturated heterocycles. The number of para-hydroxylation sites is 2. The first-order valence-corrected chi connectivity index (χ1v) is 11.2. The molecule has 3 aromatic rings. The molecule has 0 unspecified atom stereocenters. The number of ether oxygens (including phenoxy) is 1. The van der Waals surface area contributed by atoms with Crippen LogP contribution >= 0.6 is 15.9 Å². The van der Waals surface area contributed by atoms with Gasteiger partial charge < -0.3 is 4.74 Å². The minimum atomic E-state index is -0.708. The second-order valence-electron chi connectivity index (χ2n) is 7.07. The number of esters is 1. The third-order valence-corrected chi connectivity index (χ3v) is 5.14. The van der Waals surface area contributed by atoms with Crippen LogP contribution in [0.5, 0.6) is 0 Å². The summed E-state index contributed by atoms with van der Waals surface area (Å²) in [7, 11) is 0. The summed E-state index contributed by atoms with van der Waals surface area (Å²) < 4.78 is 5.73. The molecule has 2 N–H and O–H groups in total. The largest absolute Gasteiger partial charge is 0.455 e. The van der Waals surface area contributed by atoms with Gasteiger partial charge in [0.2, 0.25) is 5.91 Å². The van der Waals surface area contributed by atoms with Crippen molar-refractivity contribution >= 4 is 51.0 Å². The fourth-order valence-electron chi connectivity index (χ4n) is 2.97. The summed E-state index contributed by atoms with van der Waals surface area (Å²) in [6.45, 7) is -0.589. The SMILES string of the molecule is O=C(COC(=O)CCC(=O)N(c1ccccc1)c1ccccc1)NNC(=O)c1ccc(Br)cc1. The van der Waals surface area contributed by atoms with Gasteiger partial charge in [0.25, 0.3) is 11.8 Å². The Morgan fingerprint density at radius 1 is 0.735 bits per heavy atom. The number of benzene rings is 3. The molecule has 0 saturated carbocycles. The fraction of sp³-hybridized carbons (Fsp3) is 0.120. The lowest BCUT2D eigenvalue weighted by Crippen LogP contribution is -2.43. The molecule has 3 amide bonds. The van der Waals surface area contributed by atoms with Crippen LogP contribution in [0.4, 0.5) is 11.4 Å². The lowest BCUT2D eigenvalue weighted by atomic mass is 10.2. The van der Waals surface area contributed by atoms with Crippen molar-refractivity contribution in [1.82, 2.24) is 10.9 Å². The normalized spacial score (nSPS) is 10.1. The molecule has 0 heterocycles. The van der Waals surface area contributed by atoms with Crippen LogP contribution in [0.1, 0.15) is 23.2 Å². The number of nitrogens with zero attached hydrogens (tertiary/aromatic N) is 1. The highest BCUT2D eigenvalue weighted by Crippen LogP contribution is 2.26.